The van der Waals surface area contributed by atoms with Crippen molar-refractivity contribution >= 4 is 36.7 Å². The van der Waals surface area contributed by atoms with Crippen molar-refractivity contribution in [2.75, 3.05) is 11.5 Å². The summed E-state index contributed by atoms with van der Waals surface area (Å²) in [4.78, 5) is 7.87. The van der Waals surface area contributed by atoms with Crippen LogP contribution in [0, 0.1) is 11.6 Å². The summed E-state index contributed by atoms with van der Waals surface area (Å²) in [5, 5.41) is 9.98. The molecule has 48 heavy (non-hydrogen) atoms. The van der Waals surface area contributed by atoms with Gasteiger partial charge in [-0.25, -0.2) is 26.9 Å². The largest absolute Gasteiger partial charge is 0.454 e. The Kier molecular flexibility index (Phi) is 7.82. The van der Waals surface area contributed by atoms with Crippen molar-refractivity contribution in [1.29, 1.82) is 0 Å². The standard InChI is InChI=1S/C35H33BrF2N6O3S/c1-34(2)20-48(45,46)13-11-35(3,21-6-5-7-23(36)14-21)33-41-32(43(4)42-33)26-15-24(8-9-28(26)37)47-31-27(19-44-18-22(34)17-40-44)25-10-12-39-30(25)16-29(31)38/h5-10,12,14-18,39H,11,13,19-20H2,1-4H3. The van der Waals surface area contributed by atoms with Crippen LogP contribution in [-0.2, 0) is 34.3 Å². The maximum Gasteiger partial charge on any atom is 0.168 e. The van der Waals surface area contributed by atoms with Crippen molar-refractivity contribution in [3.63, 3.8) is 0 Å². The second kappa shape index (κ2) is 11.7. The zero-order valence-corrected chi connectivity index (χ0v) is 29.2. The molecule has 0 aliphatic carbocycles. The van der Waals surface area contributed by atoms with E-state index >= 15 is 8.78 Å². The number of hydrogen-bond donors (Lipinski definition) is 1. The van der Waals surface area contributed by atoms with Gasteiger partial charge in [-0.1, -0.05) is 41.9 Å². The minimum Gasteiger partial charge on any atom is -0.454 e. The van der Waals surface area contributed by atoms with Gasteiger partial charge in [-0.2, -0.15) is 10.2 Å². The Balaban J connectivity index is 1.44. The number of H-pyrrole nitrogens is 1. The van der Waals surface area contributed by atoms with E-state index in [2.05, 4.69) is 26.0 Å². The highest BCUT2D eigenvalue weighted by Gasteiger charge is 2.38. The van der Waals surface area contributed by atoms with Gasteiger partial charge in [0.15, 0.2) is 33.1 Å². The molecule has 1 N–H and O–H groups in total. The third-order valence-corrected chi connectivity index (χ3v) is 11.7. The summed E-state index contributed by atoms with van der Waals surface area (Å²) in [5.74, 6) is -0.739. The molecule has 6 bridgehead atoms. The van der Waals surface area contributed by atoms with Crippen LogP contribution >= 0.6 is 15.9 Å². The van der Waals surface area contributed by atoms with Gasteiger partial charge in [-0.15, -0.1) is 0 Å². The number of aryl methyl sites for hydroxylation is 1. The number of benzene rings is 3. The monoisotopic (exact) mass is 734 g/mol. The third-order valence-electron chi connectivity index (χ3n) is 9.21. The normalized spacial score (nSPS) is 19.1. The number of sulfone groups is 1. The summed E-state index contributed by atoms with van der Waals surface area (Å²) >= 11 is 3.54. The van der Waals surface area contributed by atoms with E-state index in [-0.39, 0.29) is 47.4 Å². The van der Waals surface area contributed by atoms with E-state index in [0.717, 1.165) is 21.0 Å². The highest BCUT2D eigenvalue weighted by molar-refractivity contribution is 9.10. The molecule has 0 fully saturated rings. The first-order valence-electron chi connectivity index (χ1n) is 15.4. The summed E-state index contributed by atoms with van der Waals surface area (Å²) in [5.41, 5.74) is 0.967. The lowest BCUT2D eigenvalue weighted by atomic mass is 9.79. The van der Waals surface area contributed by atoms with Gasteiger partial charge in [-0.3, -0.25) is 4.68 Å². The van der Waals surface area contributed by atoms with E-state index in [1.807, 2.05) is 51.1 Å². The second-order valence-electron chi connectivity index (χ2n) is 13.2. The van der Waals surface area contributed by atoms with E-state index in [9.17, 15) is 8.42 Å². The lowest BCUT2D eigenvalue weighted by Crippen LogP contribution is -2.33. The topological polar surface area (TPSA) is 108 Å². The first-order valence-corrected chi connectivity index (χ1v) is 18.0. The van der Waals surface area contributed by atoms with Gasteiger partial charge >= 0.3 is 0 Å². The van der Waals surface area contributed by atoms with E-state index in [4.69, 9.17) is 14.8 Å². The number of aromatic nitrogens is 6. The van der Waals surface area contributed by atoms with Crippen LogP contribution in [0.1, 0.15) is 49.7 Å². The molecule has 248 valence electrons. The highest BCUT2D eigenvalue weighted by atomic mass is 79.9. The fourth-order valence-corrected chi connectivity index (χ4v) is 8.97. The van der Waals surface area contributed by atoms with Crippen LogP contribution in [0.4, 0.5) is 8.78 Å². The summed E-state index contributed by atoms with van der Waals surface area (Å²) in [6.07, 6.45) is 5.33. The highest BCUT2D eigenvalue weighted by Crippen LogP contribution is 2.40. The van der Waals surface area contributed by atoms with Crippen LogP contribution in [0.25, 0.3) is 22.3 Å². The molecule has 13 heteroatoms. The van der Waals surface area contributed by atoms with Crippen LogP contribution in [0.2, 0.25) is 0 Å². The quantitative estimate of drug-likeness (QED) is 0.188. The van der Waals surface area contributed by atoms with E-state index in [1.165, 1.54) is 28.9 Å². The molecule has 6 aromatic rings. The number of rotatable bonds is 1. The molecule has 0 spiro atoms. The molecule has 1 aliphatic rings. The molecule has 4 heterocycles. The summed E-state index contributed by atoms with van der Waals surface area (Å²) in [7, 11) is -1.97. The molecule has 0 saturated heterocycles. The van der Waals surface area contributed by atoms with Gasteiger partial charge in [0.2, 0.25) is 0 Å². The van der Waals surface area contributed by atoms with E-state index in [1.54, 1.807) is 30.3 Å². The molecular weight excluding hydrogens is 702 g/mol. The molecule has 0 radical (unpaired) electrons. The molecule has 1 unspecified atom stereocenters. The smallest absolute Gasteiger partial charge is 0.168 e. The van der Waals surface area contributed by atoms with Gasteiger partial charge < -0.3 is 9.72 Å². The van der Waals surface area contributed by atoms with Gasteiger partial charge in [0.25, 0.3) is 0 Å². The third kappa shape index (κ3) is 5.83. The number of aromatic amines is 1. The van der Waals surface area contributed by atoms with Gasteiger partial charge in [0.1, 0.15) is 11.6 Å². The number of nitrogens with zero attached hydrogens (tertiary/aromatic N) is 5. The van der Waals surface area contributed by atoms with Crippen LogP contribution in [0.15, 0.2) is 77.7 Å². The molecule has 7 rings (SSSR count). The van der Waals surface area contributed by atoms with Crippen LogP contribution in [0.5, 0.6) is 11.5 Å². The number of fused-ring (bicyclic) bond motifs is 10. The lowest BCUT2D eigenvalue weighted by Gasteiger charge is -2.29. The van der Waals surface area contributed by atoms with Crippen LogP contribution in [0.3, 0.4) is 0 Å². The van der Waals surface area contributed by atoms with Crippen LogP contribution < -0.4 is 4.74 Å². The Hall–Kier alpha value is -4.36. The molecule has 9 nitrogen and oxygen atoms in total. The average molecular weight is 736 g/mol. The van der Waals surface area contributed by atoms with Crippen molar-refractivity contribution in [3.8, 4) is 22.9 Å². The fraction of sp³-hybridized carbons (Fsp3) is 0.286. The lowest BCUT2D eigenvalue weighted by molar-refractivity contribution is 0.434. The van der Waals surface area contributed by atoms with E-state index in [0.29, 0.717) is 16.9 Å². The van der Waals surface area contributed by atoms with Gasteiger partial charge in [0, 0.05) is 51.9 Å². The second-order valence-corrected chi connectivity index (χ2v) is 16.3. The Morgan fingerprint density at radius 3 is 2.62 bits per heavy atom. The molecule has 1 atom stereocenters. The first kappa shape index (κ1) is 32.2. The number of nitrogens with one attached hydrogen (secondary N) is 1. The van der Waals surface area contributed by atoms with Crippen molar-refractivity contribution in [1.82, 2.24) is 29.5 Å². The van der Waals surface area contributed by atoms with E-state index < -0.39 is 32.3 Å². The Morgan fingerprint density at radius 2 is 1.83 bits per heavy atom. The first-order chi connectivity index (χ1) is 22.7. The molecule has 0 amide bonds. The zero-order chi connectivity index (χ0) is 34.0. The minimum absolute atomic E-state index is 0.0302. The predicted octanol–water partition coefficient (Wildman–Crippen LogP) is 7.44. The van der Waals surface area contributed by atoms with Gasteiger partial charge in [0.05, 0.1) is 35.2 Å². The number of halogens is 3. The Morgan fingerprint density at radius 1 is 1.02 bits per heavy atom. The molecule has 0 saturated carbocycles. The maximum atomic E-state index is 15.8. The summed E-state index contributed by atoms with van der Waals surface area (Å²) in [6.45, 7) is 5.78. The fourth-order valence-electron chi connectivity index (χ4n) is 6.44. The van der Waals surface area contributed by atoms with Crippen molar-refractivity contribution < 1.29 is 21.9 Å². The predicted molar refractivity (Wildman–Crippen MR) is 183 cm³/mol. The maximum absolute atomic E-state index is 15.8. The molecule has 1 aliphatic heterocycles. The zero-order valence-electron chi connectivity index (χ0n) is 26.8. The minimum atomic E-state index is -3.63. The van der Waals surface area contributed by atoms with Crippen molar-refractivity contribution in [3.05, 3.63) is 112 Å². The molecule has 3 aromatic carbocycles. The SMILES string of the molecule is Cn1nc2nc1-c1cc(ccc1F)Oc1c(F)cc3[nH]ccc3c1Cn1cc(cn1)C(C)(C)CS(=O)(=O)CCC2(C)c1cccc(Br)c1. The summed E-state index contributed by atoms with van der Waals surface area (Å²) in [6, 6.07) is 14.9. The molecule has 3 aromatic heterocycles. The summed E-state index contributed by atoms with van der Waals surface area (Å²) < 4.78 is 69.2. The van der Waals surface area contributed by atoms with Crippen LogP contribution in [-0.4, -0.2) is 49.5 Å². The Labute approximate surface area is 285 Å². The van der Waals surface area contributed by atoms with Gasteiger partial charge in [-0.05, 0) is 60.9 Å². The number of hydrogen-bond acceptors (Lipinski definition) is 6. The Bertz CT molecular complexity index is 2310. The average Bonchev–Trinajstić information content (AvgIpc) is 3.78. The number of ether oxygens (including phenoxy) is 1. The van der Waals surface area contributed by atoms with Crippen molar-refractivity contribution in [2.24, 2.45) is 7.05 Å². The molecular formula is C35H33BrF2N6O3S. The van der Waals surface area contributed by atoms with Crippen molar-refractivity contribution in [2.45, 2.75) is 44.6 Å².